The number of benzene rings is 1. The fraction of sp³-hybridized carbons (Fsp3) is 0.273. The van der Waals surface area contributed by atoms with Crippen LogP contribution in [0.15, 0.2) is 30.3 Å². The van der Waals surface area contributed by atoms with Gasteiger partial charge in [-0.3, -0.25) is 0 Å². The second-order valence-electron chi connectivity index (χ2n) is 3.11. The summed E-state index contributed by atoms with van der Waals surface area (Å²) < 4.78 is 5.27. The van der Waals surface area contributed by atoms with Crippen LogP contribution in [0.1, 0.15) is 24.0 Å². The van der Waals surface area contributed by atoms with Crippen molar-refractivity contribution in [3.63, 3.8) is 0 Å². The fourth-order valence-corrected chi connectivity index (χ4v) is 1.70. The molecule has 12 heavy (non-hydrogen) atoms. The first-order valence-electron chi connectivity index (χ1n) is 4.18. The summed E-state index contributed by atoms with van der Waals surface area (Å²) in [5.41, 5.74) is 2.61. The lowest BCUT2D eigenvalue weighted by molar-refractivity contribution is 0.370. The zero-order valence-corrected chi connectivity index (χ0v) is 7.37. The predicted molar refractivity (Wildman–Crippen MR) is 49.8 cm³/mol. The number of fused-ring (bicyclic) bond motifs is 1. The largest absolute Gasteiger partial charge is 0.496 e. The Labute approximate surface area is 72.7 Å². The Morgan fingerprint density at radius 3 is 2.75 bits per heavy atom. The second kappa shape index (κ2) is 2.67. The lowest BCUT2D eigenvalue weighted by Gasteiger charge is -2.03. The monoisotopic (exact) mass is 160 g/mol. The molecule has 0 bridgehead atoms. The van der Waals surface area contributed by atoms with Crippen molar-refractivity contribution < 1.29 is 4.74 Å². The van der Waals surface area contributed by atoms with Gasteiger partial charge in [-0.1, -0.05) is 31.2 Å². The second-order valence-corrected chi connectivity index (χ2v) is 3.11. The zero-order chi connectivity index (χ0) is 8.55. The maximum Gasteiger partial charge on any atom is 0.123 e. The Hall–Kier alpha value is -1.24. The van der Waals surface area contributed by atoms with Gasteiger partial charge in [0.1, 0.15) is 5.76 Å². The van der Waals surface area contributed by atoms with Crippen LogP contribution in [0.3, 0.4) is 0 Å². The molecule has 0 spiro atoms. The highest BCUT2D eigenvalue weighted by Gasteiger charge is 2.19. The lowest BCUT2D eigenvalue weighted by atomic mass is 10.0. The van der Waals surface area contributed by atoms with Crippen LogP contribution < -0.4 is 0 Å². The summed E-state index contributed by atoms with van der Waals surface area (Å²) in [4.78, 5) is 0. The van der Waals surface area contributed by atoms with Crippen LogP contribution in [-0.4, -0.2) is 7.11 Å². The minimum Gasteiger partial charge on any atom is -0.496 e. The van der Waals surface area contributed by atoms with Gasteiger partial charge in [0.25, 0.3) is 0 Å². The van der Waals surface area contributed by atoms with E-state index in [-0.39, 0.29) is 0 Å². The van der Waals surface area contributed by atoms with Crippen LogP contribution in [0.4, 0.5) is 0 Å². The van der Waals surface area contributed by atoms with Gasteiger partial charge in [-0.2, -0.15) is 0 Å². The van der Waals surface area contributed by atoms with Gasteiger partial charge in [0.15, 0.2) is 0 Å². The van der Waals surface area contributed by atoms with Gasteiger partial charge >= 0.3 is 0 Å². The van der Waals surface area contributed by atoms with Crippen molar-refractivity contribution >= 4 is 5.76 Å². The van der Waals surface area contributed by atoms with E-state index in [1.54, 1.807) is 7.11 Å². The summed E-state index contributed by atoms with van der Waals surface area (Å²) in [6, 6.07) is 8.38. The van der Waals surface area contributed by atoms with Crippen LogP contribution in [-0.2, 0) is 4.74 Å². The molecule has 1 aliphatic rings. The first-order valence-corrected chi connectivity index (χ1v) is 4.18. The quantitative estimate of drug-likeness (QED) is 0.613. The van der Waals surface area contributed by atoms with E-state index in [2.05, 4.69) is 31.2 Å². The number of hydrogen-bond donors (Lipinski definition) is 0. The van der Waals surface area contributed by atoms with E-state index in [0.29, 0.717) is 5.92 Å². The van der Waals surface area contributed by atoms with E-state index in [4.69, 9.17) is 4.74 Å². The van der Waals surface area contributed by atoms with Gasteiger partial charge in [-0.25, -0.2) is 0 Å². The van der Waals surface area contributed by atoms with Crippen LogP contribution in [0.2, 0.25) is 0 Å². The summed E-state index contributed by atoms with van der Waals surface area (Å²) in [5.74, 6) is 1.51. The van der Waals surface area contributed by atoms with Gasteiger partial charge < -0.3 is 4.74 Å². The van der Waals surface area contributed by atoms with Gasteiger partial charge in [0.05, 0.1) is 7.11 Å². The minimum atomic E-state index is 0.496. The summed E-state index contributed by atoms with van der Waals surface area (Å²) in [6.07, 6.45) is 2.16. The van der Waals surface area contributed by atoms with Crippen LogP contribution in [0, 0.1) is 0 Å². The third kappa shape index (κ3) is 0.934. The van der Waals surface area contributed by atoms with E-state index in [9.17, 15) is 0 Å². The topological polar surface area (TPSA) is 9.23 Å². The molecule has 2 rings (SSSR count). The highest BCUT2D eigenvalue weighted by atomic mass is 16.5. The van der Waals surface area contributed by atoms with Gasteiger partial charge in [-0.05, 0) is 11.6 Å². The van der Waals surface area contributed by atoms with Crippen LogP contribution in [0.5, 0.6) is 0 Å². The molecule has 0 saturated heterocycles. The maximum atomic E-state index is 5.27. The van der Waals surface area contributed by atoms with Crippen LogP contribution >= 0.6 is 0 Å². The van der Waals surface area contributed by atoms with Crippen molar-refractivity contribution in [1.82, 2.24) is 0 Å². The molecule has 1 heteroatoms. The molecular formula is C11H12O. The third-order valence-electron chi connectivity index (χ3n) is 2.34. The Kier molecular flexibility index (Phi) is 1.65. The van der Waals surface area contributed by atoms with E-state index in [1.807, 2.05) is 6.07 Å². The van der Waals surface area contributed by atoms with Crippen molar-refractivity contribution in [1.29, 1.82) is 0 Å². The number of ether oxygens (including phenoxy) is 1. The van der Waals surface area contributed by atoms with Crippen molar-refractivity contribution in [3.05, 3.63) is 41.5 Å². The molecule has 0 fully saturated rings. The average Bonchev–Trinajstić information content (AvgIpc) is 2.44. The van der Waals surface area contributed by atoms with Gasteiger partial charge in [0, 0.05) is 11.5 Å². The Morgan fingerprint density at radius 2 is 2.00 bits per heavy atom. The normalized spacial score (nSPS) is 20.2. The smallest absolute Gasteiger partial charge is 0.123 e. The first-order chi connectivity index (χ1) is 5.83. The Bertz CT molecular complexity index is 326. The Balaban J connectivity index is 2.53. The molecule has 0 aromatic heterocycles. The lowest BCUT2D eigenvalue weighted by Crippen LogP contribution is -1.86. The van der Waals surface area contributed by atoms with Gasteiger partial charge in [-0.15, -0.1) is 0 Å². The molecule has 1 aliphatic carbocycles. The van der Waals surface area contributed by atoms with Crippen molar-refractivity contribution in [2.75, 3.05) is 7.11 Å². The molecule has 0 N–H and O–H groups in total. The minimum absolute atomic E-state index is 0.496. The molecule has 0 radical (unpaired) electrons. The first kappa shape index (κ1) is 7.41. The van der Waals surface area contributed by atoms with Crippen LogP contribution in [0.25, 0.3) is 5.76 Å². The fourth-order valence-electron chi connectivity index (χ4n) is 1.70. The molecule has 0 saturated carbocycles. The SMILES string of the molecule is COC1=C[C@@H](C)c2ccccc21. The molecule has 1 atom stereocenters. The van der Waals surface area contributed by atoms with E-state index >= 15 is 0 Å². The molecule has 0 heterocycles. The number of hydrogen-bond acceptors (Lipinski definition) is 1. The highest BCUT2D eigenvalue weighted by Crippen LogP contribution is 2.35. The maximum absolute atomic E-state index is 5.27. The zero-order valence-electron chi connectivity index (χ0n) is 7.37. The summed E-state index contributed by atoms with van der Waals surface area (Å²) >= 11 is 0. The molecule has 62 valence electrons. The standard InChI is InChI=1S/C11H12O/c1-8-7-11(12-2)10-6-4-3-5-9(8)10/h3-8H,1-2H3/t8-/m1/s1. The summed E-state index contributed by atoms with van der Waals surface area (Å²) in [7, 11) is 1.72. The van der Waals surface area contributed by atoms with Crippen molar-refractivity contribution in [2.45, 2.75) is 12.8 Å². The molecule has 0 amide bonds. The molecule has 1 aromatic rings. The molecule has 0 aliphatic heterocycles. The molecule has 0 unspecified atom stereocenters. The third-order valence-corrected chi connectivity index (χ3v) is 2.34. The van der Waals surface area contributed by atoms with E-state index in [1.165, 1.54) is 11.1 Å². The molecule has 1 nitrogen and oxygen atoms in total. The molecular weight excluding hydrogens is 148 g/mol. The van der Waals surface area contributed by atoms with Gasteiger partial charge in [0.2, 0.25) is 0 Å². The van der Waals surface area contributed by atoms with E-state index in [0.717, 1.165) is 5.76 Å². The number of allylic oxidation sites excluding steroid dienone is 1. The van der Waals surface area contributed by atoms with E-state index < -0.39 is 0 Å². The predicted octanol–water partition coefficient (Wildman–Crippen LogP) is 2.79. The number of rotatable bonds is 1. The highest BCUT2D eigenvalue weighted by molar-refractivity contribution is 5.69. The average molecular weight is 160 g/mol. The van der Waals surface area contributed by atoms with Crippen molar-refractivity contribution in [3.8, 4) is 0 Å². The van der Waals surface area contributed by atoms with Crippen molar-refractivity contribution in [2.24, 2.45) is 0 Å². The summed E-state index contributed by atoms with van der Waals surface area (Å²) in [5, 5.41) is 0. The summed E-state index contributed by atoms with van der Waals surface area (Å²) in [6.45, 7) is 2.19. The number of methoxy groups -OCH3 is 1. The Morgan fingerprint density at radius 1 is 1.25 bits per heavy atom. The molecule has 1 aromatic carbocycles.